The van der Waals surface area contributed by atoms with Crippen LogP contribution in [0.4, 0.5) is 0 Å². The Morgan fingerprint density at radius 1 is 1.25 bits per heavy atom. The number of carbonyl (C=O) groups excluding carboxylic acids is 1. The molecular formula is C21H25N5O2. The topological polar surface area (TPSA) is 83.9 Å². The molecule has 1 N–H and O–H groups in total. The lowest BCUT2D eigenvalue weighted by Gasteiger charge is -2.32. The number of carbonyl (C=O) groups is 1. The van der Waals surface area contributed by atoms with Crippen LogP contribution >= 0.6 is 0 Å². The maximum Gasteiger partial charge on any atom is 0.347 e. The largest absolute Gasteiger partial charge is 0.347 e. The van der Waals surface area contributed by atoms with Crippen molar-refractivity contribution in [3.63, 3.8) is 0 Å². The van der Waals surface area contributed by atoms with Crippen LogP contribution in [0.1, 0.15) is 42.4 Å². The van der Waals surface area contributed by atoms with Gasteiger partial charge in [0.1, 0.15) is 5.82 Å². The van der Waals surface area contributed by atoms with Gasteiger partial charge >= 0.3 is 5.69 Å². The van der Waals surface area contributed by atoms with Crippen LogP contribution in [0.5, 0.6) is 0 Å². The van der Waals surface area contributed by atoms with Crippen molar-refractivity contribution in [3.8, 4) is 0 Å². The Morgan fingerprint density at radius 2 is 2.07 bits per heavy atom. The van der Waals surface area contributed by atoms with Crippen molar-refractivity contribution in [3.05, 3.63) is 58.0 Å². The molecule has 146 valence electrons. The van der Waals surface area contributed by atoms with Gasteiger partial charge in [0.25, 0.3) is 0 Å². The van der Waals surface area contributed by atoms with Gasteiger partial charge in [0.15, 0.2) is 0 Å². The molecule has 7 nitrogen and oxygen atoms in total. The van der Waals surface area contributed by atoms with Gasteiger partial charge in [-0.25, -0.2) is 9.78 Å². The molecule has 0 spiro atoms. The van der Waals surface area contributed by atoms with E-state index in [0.717, 1.165) is 41.9 Å². The van der Waals surface area contributed by atoms with E-state index in [9.17, 15) is 9.59 Å². The van der Waals surface area contributed by atoms with Gasteiger partial charge in [-0.15, -0.1) is 0 Å². The number of imidazole rings is 1. The molecule has 1 amide bonds. The number of likely N-dealkylation sites (tertiary alicyclic amines) is 1. The first-order valence-electron chi connectivity index (χ1n) is 9.79. The second kappa shape index (κ2) is 7.58. The molecule has 1 fully saturated rings. The molecule has 2 aromatic heterocycles. The van der Waals surface area contributed by atoms with Gasteiger partial charge in [-0.1, -0.05) is 12.1 Å². The fourth-order valence-corrected chi connectivity index (χ4v) is 4.00. The summed E-state index contributed by atoms with van der Waals surface area (Å²) in [6.07, 6.45) is 2.28. The number of aromatic nitrogens is 4. The van der Waals surface area contributed by atoms with E-state index in [-0.39, 0.29) is 17.5 Å². The third kappa shape index (κ3) is 3.69. The zero-order chi connectivity index (χ0) is 19.7. The number of aromatic amines is 1. The first-order valence-corrected chi connectivity index (χ1v) is 9.79. The Hall–Kier alpha value is -2.96. The van der Waals surface area contributed by atoms with Crippen LogP contribution < -0.4 is 5.69 Å². The predicted molar refractivity (Wildman–Crippen MR) is 107 cm³/mol. The lowest BCUT2D eigenvalue weighted by Crippen LogP contribution is -2.40. The van der Waals surface area contributed by atoms with E-state index < -0.39 is 0 Å². The summed E-state index contributed by atoms with van der Waals surface area (Å²) in [6.45, 7) is 5.46. The molecule has 0 saturated carbocycles. The zero-order valence-electron chi connectivity index (χ0n) is 16.3. The predicted octanol–water partition coefficient (Wildman–Crippen LogP) is 2.53. The van der Waals surface area contributed by atoms with Crippen molar-refractivity contribution in [2.45, 2.75) is 45.6 Å². The number of fused-ring (bicyclic) bond motifs is 1. The molecule has 1 aromatic carbocycles. The van der Waals surface area contributed by atoms with E-state index in [0.29, 0.717) is 25.2 Å². The first-order chi connectivity index (χ1) is 13.5. The van der Waals surface area contributed by atoms with Crippen molar-refractivity contribution in [2.24, 2.45) is 0 Å². The third-order valence-corrected chi connectivity index (χ3v) is 5.46. The van der Waals surface area contributed by atoms with Crippen LogP contribution in [0, 0.1) is 13.8 Å². The molecule has 0 bridgehead atoms. The van der Waals surface area contributed by atoms with Crippen LogP contribution in [0.15, 0.2) is 35.1 Å². The highest BCUT2D eigenvalue weighted by Crippen LogP contribution is 2.27. The molecule has 4 rings (SSSR count). The SMILES string of the molecule is Cc1cc(C)n(CCC(=O)N2CCC[C@@H](c3nc4ccccc4[nH]3)C2)c(=O)n1. The number of nitrogens with one attached hydrogen (secondary N) is 1. The summed E-state index contributed by atoms with van der Waals surface area (Å²) in [6, 6.07) is 9.85. The van der Waals surface area contributed by atoms with Crippen LogP contribution in [0.3, 0.4) is 0 Å². The van der Waals surface area contributed by atoms with Gasteiger partial charge in [0.2, 0.25) is 5.91 Å². The van der Waals surface area contributed by atoms with Gasteiger partial charge in [0, 0.05) is 43.4 Å². The molecule has 3 aromatic rings. The van der Waals surface area contributed by atoms with E-state index in [2.05, 4.69) is 9.97 Å². The molecule has 1 saturated heterocycles. The van der Waals surface area contributed by atoms with Crippen molar-refractivity contribution in [1.29, 1.82) is 0 Å². The van der Waals surface area contributed by atoms with Crippen molar-refractivity contribution in [2.75, 3.05) is 13.1 Å². The van der Waals surface area contributed by atoms with Crippen LogP contribution in [0.2, 0.25) is 0 Å². The van der Waals surface area contributed by atoms with Gasteiger partial charge in [-0.2, -0.15) is 4.98 Å². The quantitative estimate of drug-likeness (QED) is 0.755. The lowest BCUT2D eigenvalue weighted by atomic mass is 9.97. The van der Waals surface area contributed by atoms with E-state index >= 15 is 0 Å². The van der Waals surface area contributed by atoms with Gasteiger partial charge in [0.05, 0.1) is 11.0 Å². The number of benzene rings is 1. The summed E-state index contributed by atoms with van der Waals surface area (Å²) in [5.74, 6) is 1.25. The summed E-state index contributed by atoms with van der Waals surface area (Å²) in [7, 11) is 0. The maximum absolute atomic E-state index is 12.8. The average molecular weight is 379 g/mol. The molecule has 0 aliphatic carbocycles. The first kappa shape index (κ1) is 18.4. The number of para-hydroxylation sites is 2. The average Bonchev–Trinajstić information content (AvgIpc) is 3.11. The van der Waals surface area contributed by atoms with Crippen LogP contribution in [-0.2, 0) is 11.3 Å². The number of aryl methyl sites for hydroxylation is 2. The van der Waals surface area contributed by atoms with E-state index in [1.165, 1.54) is 0 Å². The van der Waals surface area contributed by atoms with Crippen molar-refractivity contribution < 1.29 is 4.79 Å². The number of nitrogens with zero attached hydrogens (tertiary/aromatic N) is 4. The molecule has 28 heavy (non-hydrogen) atoms. The molecule has 0 unspecified atom stereocenters. The summed E-state index contributed by atoms with van der Waals surface area (Å²) >= 11 is 0. The summed E-state index contributed by atoms with van der Waals surface area (Å²) in [5.41, 5.74) is 3.24. The third-order valence-electron chi connectivity index (χ3n) is 5.46. The van der Waals surface area contributed by atoms with E-state index in [1.54, 1.807) is 11.5 Å². The standard InChI is InChI=1S/C21H25N5O2/c1-14-12-15(2)26(21(28)22-14)11-9-19(27)25-10-5-6-16(13-25)20-23-17-7-3-4-8-18(17)24-20/h3-4,7-8,12,16H,5-6,9-11,13H2,1-2H3,(H,23,24)/t16-/m1/s1. The lowest BCUT2D eigenvalue weighted by molar-refractivity contribution is -0.132. The Kier molecular flexibility index (Phi) is 4.98. The van der Waals surface area contributed by atoms with Crippen molar-refractivity contribution in [1.82, 2.24) is 24.4 Å². The maximum atomic E-state index is 12.8. The second-order valence-corrected chi connectivity index (χ2v) is 7.54. The highest BCUT2D eigenvalue weighted by atomic mass is 16.2. The van der Waals surface area contributed by atoms with Crippen LogP contribution in [0.25, 0.3) is 11.0 Å². The minimum Gasteiger partial charge on any atom is -0.342 e. The summed E-state index contributed by atoms with van der Waals surface area (Å²) < 4.78 is 1.57. The minimum atomic E-state index is -0.288. The molecule has 1 atom stereocenters. The normalized spacial score (nSPS) is 17.2. The van der Waals surface area contributed by atoms with Crippen molar-refractivity contribution >= 4 is 16.9 Å². The van der Waals surface area contributed by atoms with E-state index in [4.69, 9.17) is 4.98 Å². The zero-order valence-corrected chi connectivity index (χ0v) is 16.3. The number of hydrogen-bond acceptors (Lipinski definition) is 4. The molecule has 3 heterocycles. The monoisotopic (exact) mass is 379 g/mol. The number of amides is 1. The summed E-state index contributed by atoms with van der Waals surface area (Å²) in [5, 5.41) is 0. The Labute approximate surface area is 163 Å². The van der Waals surface area contributed by atoms with Gasteiger partial charge < -0.3 is 9.88 Å². The number of H-pyrrole nitrogens is 1. The fraction of sp³-hybridized carbons (Fsp3) is 0.429. The summed E-state index contributed by atoms with van der Waals surface area (Å²) in [4.78, 5) is 38.8. The minimum absolute atomic E-state index is 0.0766. The fourth-order valence-electron chi connectivity index (χ4n) is 4.00. The molecule has 1 aliphatic rings. The number of piperidine rings is 1. The molecular weight excluding hydrogens is 354 g/mol. The van der Waals surface area contributed by atoms with Crippen LogP contribution in [-0.4, -0.2) is 43.4 Å². The van der Waals surface area contributed by atoms with Gasteiger partial charge in [-0.3, -0.25) is 9.36 Å². The van der Waals surface area contributed by atoms with E-state index in [1.807, 2.05) is 42.2 Å². The Morgan fingerprint density at radius 3 is 2.86 bits per heavy atom. The molecule has 1 aliphatic heterocycles. The molecule has 0 radical (unpaired) electrons. The Bertz CT molecular complexity index is 1040. The second-order valence-electron chi connectivity index (χ2n) is 7.54. The highest BCUT2D eigenvalue weighted by Gasteiger charge is 2.26. The number of rotatable bonds is 4. The van der Waals surface area contributed by atoms with Gasteiger partial charge in [-0.05, 0) is 44.9 Å². The molecule has 7 heteroatoms. The highest BCUT2D eigenvalue weighted by molar-refractivity contribution is 5.77. The smallest absolute Gasteiger partial charge is 0.342 e. The number of hydrogen-bond donors (Lipinski definition) is 1. The Balaban J connectivity index is 1.43.